The van der Waals surface area contributed by atoms with Gasteiger partial charge in [-0.05, 0) is 10.8 Å². The summed E-state index contributed by atoms with van der Waals surface area (Å²) in [5, 5.41) is 7.09. The van der Waals surface area contributed by atoms with Crippen LogP contribution in [0.15, 0.2) is 72.8 Å². The van der Waals surface area contributed by atoms with Crippen molar-refractivity contribution >= 4 is 22.1 Å². The highest BCUT2D eigenvalue weighted by atomic mass is 14.9. The quantitative estimate of drug-likeness (QED) is 0.563. The fourth-order valence-corrected chi connectivity index (χ4v) is 1.95. The number of fused-ring (bicyclic) bond motifs is 1. The normalized spacial score (nSPS) is 10.4. The van der Waals surface area contributed by atoms with Crippen molar-refractivity contribution in [2.24, 2.45) is 0 Å². The highest BCUT2D eigenvalue weighted by Crippen LogP contribution is 2.35. The van der Waals surface area contributed by atoms with Gasteiger partial charge in [0.1, 0.15) is 0 Å². The van der Waals surface area contributed by atoms with Crippen molar-refractivity contribution in [2.75, 3.05) is 0 Å². The molecule has 3 rings (SSSR count). The summed E-state index contributed by atoms with van der Waals surface area (Å²) in [6.07, 6.45) is 0. The van der Waals surface area contributed by atoms with Crippen molar-refractivity contribution in [3.63, 3.8) is 0 Å². The van der Waals surface area contributed by atoms with E-state index in [0.717, 1.165) is 11.4 Å². The summed E-state index contributed by atoms with van der Waals surface area (Å²) in [5.74, 6) is 0. The van der Waals surface area contributed by atoms with Crippen LogP contribution in [-0.2, 0) is 0 Å². The zero-order valence-corrected chi connectivity index (χ0v) is 9.38. The lowest BCUT2D eigenvalue weighted by Crippen LogP contribution is -1.74. The van der Waals surface area contributed by atoms with E-state index in [0.29, 0.717) is 0 Å². The van der Waals surface area contributed by atoms with Crippen LogP contribution in [0.25, 0.3) is 16.1 Å². The van der Waals surface area contributed by atoms with Crippen LogP contribution in [0.4, 0.5) is 11.4 Å². The van der Waals surface area contributed by atoms with E-state index in [2.05, 4.69) is 35.6 Å². The van der Waals surface area contributed by atoms with Crippen molar-refractivity contribution < 1.29 is 0 Å². The lowest BCUT2D eigenvalue weighted by molar-refractivity contribution is 1.65. The summed E-state index contributed by atoms with van der Waals surface area (Å²) in [5.41, 5.74) is 2.01. The predicted molar refractivity (Wildman–Crippen MR) is 73.1 cm³/mol. The molecular formula is C16H12N-. The molecule has 0 heterocycles. The molecule has 0 N–H and O–H groups in total. The van der Waals surface area contributed by atoms with Crippen molar-refractivity contribution in [3.8, 4) is 0 Å². The Morgan fingerprint density at radius 3 is 2.18 bits per heavy atom. The lowest BCUT2D eigenvalue weighted by atomic mass is 10.1. The average molecular weight is 218 g/mol. The topological polar surface area (TPSA) is 14.1 Å². The molecule has 1 heteroatoms. The van der Waals surface area contributed by atoms with Gasteiger partial charge in [0.2, 0.25) is 0 Å². The molecular weight excluding hydrogens is 206 g/mol. The van der Waals surface area contributed by atoms with Gasteiger partial charge in [-0.2, -0.15) is 0 Å². The van der Waals surface area contributed by atoms with Gasteiger partial charge in [0.15, 0.2) is 0 Å². The van der Waals surface area contributed by atoms with Gasteiger partial charge >= 0.3 is 0 Å². The molecule has 82 valence electrons. The monoisotopic (exact) mass is 218 g/mol. The van der Waals surface area contributed by atoms with E-state index in [1.807, 2.05) is 42.5 Å². The maximum Gasteiger partial charge on any atom is -0.0196 e. The van der Waals surface area contributed by atoms with E-state index in [1.165, 1.54) is 10.8 Å². The van der Waals surface area contributed by atoms with Crippen molar-refractivity contribution in [1.82, 2.24) is 0 Å². The number of hydrogen-bond acceptors (Lipinski definition) is 0. The Kier molecular flexibility index (Phi) is 2.51. The van der Waals surface area contributed by atoms with Crippen LogP contribution in [0.2, 0.25) is 0 Å². The Morgan fingerprint density at radius 2 is 1.29 bits per heavy atom. The number of hydrogen-bond donors (Lipinski definition) is 0. The number of benzene rings is 3. The van der Waals surface area contributed by atoms with E-state index in [-0.39, 0.29) is 0 Å². The van der Waals surface area contributed by atoms with Gasteiger partial charge in [-0.3, -0.25) is 0 Å². The Balaban J connectivity index is 2.06. The third kappa shape index (κ3) is 2.00. The van der Waals surface area contributed by atoms with Crippen LogP contribution >= 0.6 is 0 Å². The van der Waals surface area contributed by atoms with Crippen LogP contribution in [-0.4, -0.2) is 0 Å². The first-order valence-corrected chi connectivity index (χ1v) is 5.68. The number of nitrogens with zero attached hydrogens (tertiary/aromatic N) is 1. The molecule has 0 atom stereocenters. The molecule has 1 nitrogen and oxygen atoms in total. The van der Waals surface area contributed by atoms with E-state index >= 15 is 0 Å². The highest BCUT2D eigenvalue weighted by molar-refractivity contribution is 5.97. The molecule has 0 radical (unpaired) electrons. The molecule has 0 unspecified atom stereocenters. The zero-order valence-electron chi connectivity index (χ0n) is 9.38. The Bertz CT molecular complexity index is 624. The molecule has 0 aliphatic heterocycles. The van der Waals surface area contributed by atoms with Gasteiger partial charge in [-0.1, -0.05) is 72.8 Å². The second-order valence-corrected chi connectivity index (χ2v) is 3.95. The summed E-state index contributed by atoms with van der Waals surface area (Å²) in [7, 11) is 0. The van der Waals surface area contributed by atoms with Crippen molar-refractivity contribution in [3.05, 3.63) is 78.1 Å². The van der Waals surface area contributed by atoms with E-state index in [4.69, 9.17) is 0 Å². The molecule has 0 aromatic heterocycles. The summed E-state index contributed by atoms with van der Waals surface area (Å²) in [6, 6.07) is 24.6. The van der Waals surface area contributed by atoms with Gasteiger partial charge < -0.3 is 5.32 Å². The van der Waals surface area contributed by atoms with E-state index < -0.39 is 0 Å². The lowest BCUT2D eigenvalue weighted by Gasteiger charge is -2.24. The fourth-order valence-electron chi connectivity index (χ4n) is 1.95. The largest absolute Gasteiger partial charge is 0.657 e. The first-order chi connectivity index (χ1) is 8.43. The third-order valence-corrected chi connectivity index (χ3v) is 2.77. The van der Waals surface area contributed by atoms with Gasteiger partial charge in [-0.25, -0.2) is 0 Å². The molecule has 3 aromatic carbocycles. The first kappa shape index (κ1) is 9.91. The van der Waals surface area contributed by atoms with Gasteiger partial charge in [0, 0.05) is 0 Å². The number of rotatable bonds is 2. The maximum absolute atomic E-state index is 4.67. The summed E-state index contributed by atoms with van der Waals surface area (Å²) >= 11 is 0. The smallest absolute Gasteiger partial charge is 0.0196 e. The minimum atomic E-state index is 0.990. The molecule has 0 spiro atoms. The van der Waals surface area contributed by atoms with Crippen LogP contribution in [0.5, 0.6) is 0 Å². The van der Waals surface area contributed by atoms with Crippen LogP contribution in [0, 0.1) is 0 Å². The van der Waals surface area contributed by atoms with Gasteiger partial charge in [-0.15, -0.1) is 11.4 Å². The standard InChI is InChI=1S/C16H12N/c1-2-9-14(10-3-1)17-16-12-6-8-13-7-4-5-11-15(13)16/h1-12H/q-1. The van der Waals surface area contributed by atoms with E-state index in [1.54, 1.807) is 0 Å². The molecule has 0 saturated heterocycles. The van der Waals surface area contributed by atoms with Crippen LogP contribution in [0.1, 0.15) is 0 Å². The SMILES string of the molecule is c1ccc([N-]c2cccc3ccccc23)cc1. The Labute approximate surface area is 101 Å². The average Bonchev–Trinajstić information content (AvgIpc) is 2.40. The molecule has 0 saturated carbocycles. The molecule has 0 aliphatic carbocycles. The van der Waals surface area contributed by atoms with Crippen LogP contribution < -0.4 is 0 Å². The summed E-state index contributed by atoms with van der Waals surface area (Å²) in [4.78, 5) is 0. The molecule has 0 amide bonds. The molecule has 3 aromatic rings. The highest BCUT2D eigenvalue weighted by Gasteiger charge is 1.91. The third-order valence-electron chi connectivity index (χ3n) is 2.77. The van der Waals surface area contributed by atoms with Crippen molar-refractivity contribution in [1.29, 1.82) is 0 Å². The van der Waals surface area contributed by atoms with E-state index in [9.17, 15) is 0 Å². The molecule has 0 aliphatic rings. The molecule has 0 bridgehead atoms. The number of para-hydroxylation sites is 1. The van der Waals surface area contributed by atoms with Gasteiger partial charge in [0.25, 0.3) is 0 Å². The van der Waals surface area contributed by atoms with Crippen molar-refractivity contribution in [2.45, 2.75) is 0 Å². The second kappa shape index (κ2) is 4.30. The minimum absolute atomic E-state index is 0.990. The fraction of sp³-hybridized carbons (Fsp3) is 0. The Morgan fingerprint density at radius 1 is 0.588 bits per heavy atom. The first-order valence-electron chi connectivity index (χ1n) is 5.68. The minimum Gasteiger partial charge on any atom is -0.657 e. The van der Waals surface area contributed by atoms with Crippen LogP contribution in [0.3, 0.4) is 0 Å². The summed E-state index contributed by atoms with van der Waals surface area (Å²) in [6.45, 7) is 0. The zero-order chi connectivity index (χ0) is 11.5. The molecule has 0 fully saturated rings. The maximum atomic E-state index is 4.67. The summed E-state index contributed by atoms with van der Waals surface area (Å²) < 4.78 is 0. The van der Waals surface area contributed by atoms with Gasteiger partial charge in [0.05, 0.1) is 0 Å². The predicted octanol–water partition coefficient (Wildman–Crippen LogP) is 5.18. The Hall–Kier alpha value is -2.28. The molecule has 17 heavy (non-hydrogen) atoms. The second-order valence-electron chi connectivity index (χ2n) is 3.95.